The van der Waals surface area contributed by atoms with Crippen LogP contribution in [0.3, 0.4) is 0 Å². The van der Waals surface area contributed by atoms with E-state index in [0.717, 1.165) is 18.5 Å². The van der Waals surface area contributed by atoms with Crippen LogP contribution >= 0.6 is 0 Å². The summed E-state index contributed by atoms with van der Waals surface area (Å²) in [6.07, 6.45) is 5.40. The molecule has 0 spiro atoms. The lowest BCUT2D eigenvalue weighted by Crippen LogP contribution is -2.49. The second kappa shape index (κ2) is 7.64. The van der Waals surface area contributed by atoms with E-state index in [0.29, 0.717) is 11.5 Å². The molecular formula is C17H36N2. The summed E-state index contributed by atoms with van der Waals surface area (Å²) >= 11 is 0. The van der Waals surface area contributed by atoms with Gasteiger partial charge in [0.15, 0.2) is 0 Å². The lowest BCUT2D eigenvalue weighted by Gasteiger charge is -2.36. The van der Waals surface area contributed by atoms with Gasteiger partial charge in [0.2, 0.25) is 0 Å². The minimum Gasteiger partial charge on any atom is -0.312 e. The van der Waals surface area contributed by atoms with Crippen LogP contribution in [0.2, 0.25) is 0 Å². The molecule has 0 bridgehead atoms. The van der Waals surface area contributed by atoms with Crippen molar-refractivity contribution in [2.45, 2.75) is 79.3 Å². The summed E-state index contributed by atoms with van der Waals surface area (Å²) in [7, 11) is 0. The van der Waals surface area contributed by atoms with Crippen LogP contribution in [-0.2, 0) is 0 Å². The minimum absolute atomic E-state index is 0.347. The van der Waals surface area contributed by atoms with Crippen LogP contribution in [-0.4, -0.2) is 36.6 Å². The van der Waals surface area contributed by atoms with Crippen LogP contribution in [0, 0.1) is 11.3 Å². The minimum atomic E-state index is 0.347. The quantitative estimate of drug-likeness (QED) is 0.682. The number of nitrogens with zero attached hydrogens (tertiary/aromatic N) is 1. The maximum atomic E-state index is 3.77. The first-order valence-corrected chi connectivity index (χ1v) is 8.32. The first-order chi connectivity index (χ1) is 8.84. The van der Waals surface area contributed by atoms with Crippen LogP contribution < -0.4 is 5.32 Å². The van der Waals surface area contributed by atoms with E-state index in [1.165, 1.54) is 38.8 Å². The molecule has 1 aliphatic rings. The molecule has 114 valence electrons. The van der Waals surface area contributed by atoms with Crippen LogP contribution in [0.4, 0.5) is 0 Å². The van der Waals surface area contributed by atoms with E-state index in [4.69, 9.17) is 0 Å². The molecule has 0 aromatic heterocycles. The standard InChI is InChI=1S/C17H36N2/c1-7-11-18-16(17(4,5)6)13-19(15-8-9-15)12-10-14(2)3/h14-16,18H,7-13H2,1-6H3. The van der Waals surface area contributed by atoms with Crippen LogP contribution in [0.25, 0.3) is 0 Å². The van der Waals surface area contributed by atoms with Crippen molar-refractivity contribution in [1.82, 2.24) is 10.2 Å². The van der Waals surface area contributed by atoms with Gasteiger partial charge in [0.1, 0.15) is 0 Å². The van der Waals surface area contributed by atoms with Crippen molar-refractivity contribution < 1.29 is 0 Å². The molecule has 0 aromatic rings. The summed E-state index contributed by atoms with van der Waals surface area (Å²) in [6.45, 7) is 17.7. The second-order valence-electron chi connectivity index (χ2n) is 7.78. The Kier molecular flexibility index (Phi) is 6.82. The molecule has 1 rings (SSSR count). The first kappa shape index (κ1) is 17.0. The predicted molar refractivity (Wildman–Crippen MR) is 85.6 cm³/mol. The third-order valence-electron chi connectivity index (χ3n) is 4.16. The highest BCUT2D eigenvalue weighted by atomic mass is 15.2. The van der Waals surface area contributed by atoms with Crippen molar-refractivity contribution in [3.05, 3.63) is 0 Å². The van der Waals surface area contributed by atoms with Crippen LogP contribution in [0.15, 0.2) is 0 Å². The SMILES string of the molecule is CCCNC(CN(CCC(C)C)C1CC1)C(C)(C)C. The van der Waals surface area contributed by atoms with E-state index in [2.05, 4.69) is 51.8 Å². The van der Waals surface area contributed by atoms with E-state index in [-0.39, 0.29) is 0 Å². The van der Waals surface area contributed by atoms with Crippen molar-refractivity contribution in [2.24, 2.45) is 11.3 Å². The molecule has 0 saturated heterocycles. The molecular weight excluding hydrogens is 232 g/mol. The van der Waals surface area contributed by atoms with Gasteiger partial charge in [0, 0.05) is 18.6 Å². The fourth-order valence-corrected chi connectivity index (χ4v) is 2.48. The van der Waals surface area contributed by atoms with Gasteiger partial charge in [0.25, 0.3) is 0 Å². The highest BCUT2D eigenvalue weighted by Gasteiger charge is 2.33. The van der Waals surface area contributed by atoms with Crippen molar-refractivity contribution in [3.63, 3.8) is 0 Å². The number of rotatable bonds is 9. The molecule has 0 heterocycles. The zero-order valence-corrected chi connectivity index (χ0v) is 14.1. The Labute approximate surface area is 121 Å². The maximum Gasteiger partial charge on any atom is 0.0243 e. The molecule has 0 aliphatic heterocycles. The fourth-order valence-electron chi connectivity index (χ4n) is 2.48. The van der Waals surface area contributed by atoms with Crippen LogP contribution in [0.5, 0.6) is 0 Å². The average Bonchev–Trinajstić information content (AvgIpc) is 3.10. The Morgan fingerprint density at radius 1 is 1.21 bits per heavy atom. The summed E-state index contributed by atoms with van der Waals surface area (Å²) in [5, 5.41) is 3.77. The Bertz CT molecular complexity index is 238. The van der Waals surface area contributed by atoms with Gasteiger partial charge in [0.05, 0.1) is 0 Å². The van der Waals surface area contributed by atoms with E-state index in [1.54, 1.807) is 0 Å². The van der Waals surface area contributed by atoms with Crippen molar-refractivity contribution in [2.75, 3.05) is 19.6 Å². The highest BCUT2D eigenvalue weighted by Crippen LogP contribution is 2.30. The topological polar surface area (TPSA) is 15.3 Å². The summed E-state index contributed by atoms with van der Waals surface area (Å²) in [5.74, 6) is 0.818. The molecule has 2 heteroatoms. The molecule has 1 N–H and O–H groups in total. The summed E-state index contributed by atoms with van der Waals surface area (Å²) in [5.41, 5.74) is 0.347. The van der Waals surface area contributed by atoms with Crippen LogP contribution in [0.1, 0.15) is 67.2 Å². The Morgan fingerprint density at radius 3 is 2.26 bits per heavy atom. The van der Waals surface area contributed by atoms with Gasteiger partial charge in [-0.1, -0.05) is 41.5 Å². The second-order valence-corrected chi connectivity index (χ2v) is 7.78. The molecule has 0 aromatic carbocycles. The third-order valence-corrected chi connectivity index (χ3v) is 4.16. The van der Waals surface area contributed by atoms with Crippen molar-refractivity contribution in [1.29, 1.82) is 0 Å². The normalized spacial score (nSPS) is 18.3. The number of nitrogens with one attached hydrogen (secondary N) is 1. The highest BCUT2D eigenvalue weighted by molar-refractivity contribution is 4.90. The Balaban J connectivity index is 2.52. The fraction of sp³-hybridized carbons (Fsp3) is 1.00. The molecule has 1 saturated carbocycles. The van der Waals surface area contributed by atoms with E-state index >= 15 is 0 Å². The summed E-state index contributed by atoms with van der Waals surface area (Å²) < 4.78 is 0. The third kappa shape index (κ3) is 6.76. The van der Waals surface area contributed by atoms with E-state index < -0.39 is 0 Å². The van der Waals surface area contributed by atoms with Gasteiger partial charge in [-0.2, -0.15) is 0 Å². The van der Waals surface area contributed by atoms with Crippen molar-refractivity contribution >= 4 is 0 Å². The average molecular weight is 268 g/mol. The lowest BCUT2D eigenvalue weighted by atomic mass is 9.86. The molecule has 1 fully saturated rings. The van der Waals surface area contributed by atoms with E-state index in [9.17, 15) is 0 Å². The van der Waals surface area contributed by atoms with Gasteiger partial charge in [-0.25, -0.2) is 0 Å². The molecule has 1 unspecified atom stereocenters. The van der Waals surface area contributed by atoms with Crippen molar-refractivity contribution in [3.8, 4) is 0 Å². The molecule has 19 heavy (non-hydrogen) atoms. The van der Waals surface area contributed by atoms with Gasteiger partial charge < -0.3 is 5.32 Å². The van der Waals surface area contributed by atoms with Gasteiger partial charge in [-0.15, -0.1) is 0 Å². The van der Waals surface area contributed by atoms with Gasteiger partial charge in [-0.3, -0.25) is 4.90 Å². The molecule has 0 amide bonds. The first-order valence-electron chi connectivity index (χ1n) is 8.32. The Hall–Kier alpha value is -0.0800. The summed E-state index contributed by atoms with van der Waals surface area (Å²) in [6, 6.07) is 1.49. The Morgan fingerprint density at radius 2 is 1.84 bits per heavy atom. The molecule has 1 atom stereocenters. The lowest BCUT2D eigenvalue weighted by molar-refractivity contribution is 0.161. The summed E-state index contributed by atoms with van der Waals surface area (Å²) in [4.78, 5) is 2.75. The van der Waals surface area contributed by atoms with Gasteiger partial charge >= 0.3 is 0 Å². The molecule has 1 aliphatic carbocycles. The maximum absolute atomic E-state index is 3.77. The molecule has 0 radical (unpaired) electrons. The van der Waals surface area contributed by atoms with Gasteiger partial charge in [-0.05, 0) is 50.1 Å². The number of hydrogen-bond acceptors (Lipinski definition) is 2. The molecule has 2 nitrogen and oxygen atoms in total. The number of hydrogen-bond donors (Lipinski definition) is 1. The monoisotopic (exact) mass is 268 g/mol. The zero-order valence-electron chi connectivity index (χ0n) is 14.1. The zero-order chi connectivity index (χ0) is 14.5. The largest absolute Gasteiger partial charge is 0.312 e. The predicted octanol–water partition coefficient (Wildman–Crippen LogP) is 3.91. The smallest absolute Gasteiger partial charge is 0.0243 e. The van der Waals surface area contributed by atoms with E-state index in [1.807, 2.05) is 0 Å².